The molecule has 3 aromatic carbocycles. The first kappa shape index (κ1) is 25.5. The molecule has 184 valence electrons. The van der Waals surface area contributed by atoms with Gasteiger partial charge in [-0.2, -0.15) is 0 Å². The minimum Gasteiger partial charge on any atom is -0.495 e. The number of nitrogens with zero attached hydrogens (tertiary/aromatic N) is 2. The van der Waals surface area contributed by atoms with Crippen LogP contribution >= 0.6 is 35.6 Å². The average Bonchev–Trinajstić information content (AvgIpc) is 3.15. The number of rotatable bonds is 8. The lowest BCUT2D eigenvalue weighted by Gasteiger charge is -2.15. The van der Waals surface area contributed by atoms with Crippen LogP contribution in [0.4, 0.5) is 11.4 Å². The van der Waals surface area contributed by atoms with Gasteiger partial charge in [0.2, 0.25) is 0 Å². The second kappa shape index (κ2) is 11.0. The molecule has 1 saturated heterocycles. The fourth-order valence-corrected chi connectivity index (χ4v) is 5.01. The summed E-state index contributed by atoms with van der Waals surface area (Å²) in [6.07, 6.45) is 1.42. The molecule has 1 heterocycles. The molecule has 0 bridgehead atoms. The van der Waals surface area contributed by atoms with E-state index in [2.05, 4.69) is 0 Å². The summed E-state index contributed by atoms with van der Waals surface area (Å²) < 4.78 is 16.6. The number of thiocarbonyl (C=S) groups is 1. The van der Waals surface area contributed by atoms with Gasteiger partial charge in [-0.25, -0.2) is 0 Å². The van der Waals surface area contributed by atoms with Gasteiger partial charge < -0.3 is 14.2 Å². The molecule has 3 aromatic rings. The van der Waals surface area contributed by atoms with E-state index in [1.807, 2.05) is 30.3 Å². The Morgan fingerprint density at radius 3 is 2.42 bits per heavy atom. The quantitative estimate of drug-likeness (QED) is 0.143. The first-order chi connectivity index (χ1) is 17.3. The molecule has 0 atom stereocenters. The smallest absolute Gasteiger partial charge is 0.280 e. The third-order valence-corrected chi connectivity index (χ3v) is 6.82. The lowest BCUT2D eigenvalue weighted by Crippen LogP contribution is -2.27. The number of hydrogen-bond donors (Lipinski definition) is 0. The van der Waals surface area contributed by atoms with Gasteiger partial charge in [0.1, 0.15) is 12.4 Å². The van der Waals surface area contributed by atoms with E-state index in [1.165, 1.54) is 37.3 Å². The Labute approximate surface area is 221 Å². The first-order valence-corrected chi connectivity index (χ1v) is 12.1. The Kier molecular flexibility index (Phi) is 7.78. The average molecular weight is 543 g/mol. The zero-order valence-corrected chi connectivity index (χ0v) is 21.5. The maximum Gasteiger partial charge on any atom is 0.280 e. The fourth-order valence-electron chi connectivity index (χ4n) is 3.47. The van der Waals surface area contributed by atoms with Crippen molar-refractivity contribution in [2.45, 2.75) is 6.61 Å². The summed E-state index contributed by atoms with van der Waals surface area (Å²) >= 11 is 12.6. The number of benzene rings is 3. The van der Waals surface area contributed by atoms with E-state index in [4.69, 9.17) is 38.0 Å². The summed E-state index contributed by atoms with van der Waals surface area (Å²) in [5, 5.41) is 12.2. The second-order valence-electron chi connectivity index (χ2n) is 7.43. The van der Waals surface area contributed by atoms with Gasteiger partial charge in [0.05, 0.1) is 46.4 Å². The molecule has 0 aromatic heterocycles. The molecule has 0 saturated carbocycles. The van der Waals surface area contributed by atoms with Crippen LogP contribution in [0.15, 0.2) is 65.6 Å². The van der Waals surface area contributed by atoms with Crippen LogP contribution in [0.2, 0.25) is 5.02 Å². The number of hydrogen-bond acceptors (Lipinski definition) is 8. The molecule has 11 heteroatoms. The molecule has 0 N–H and O–H groups in total. The molecule has 0 radical (unpaired) electrons. The van der Waals surface area contributed by atoms with Crippen LogP contribution in [-0.4, -0.2) is 29.4 Å². The molecular weight excluding hydrogens is 524 g/mol. The van der Waals surface area contributed by atoms with Crippen LogP contribution in [0.1, 0.15) is 11.1 Å². The second-order valence-corrected chi connectivity index (χ2v) is 9.51. The summed E-state index contributed by atoms with van der Waals surface area (Å²) in [7, 11) is 2.93. The number of amides is 1. The van der Waals surface area contributed by atoms with Gasteiger partial charge in [-0.05, 0) is 35.9 Å². The van der Waals surface area contributed by atoms with Crippen molar-refractivity contribution in [1.29, 1.82) is 0 Å². The predicted octanol–water partition coefficient (Wildman–Crippen LogP) is 6.25. The zero-order chi connectivity index (χ0) is 25.8. The number of methoxy groups -OCH3 is 2. The van der Waals surface area contributed by atoms with E-state index >= 15 is 0 Å². The van der Waals surface area contributed by atoms with Crippen molar-refractivity contribution >= 4 is 63.3 Å². The van der Waals surface area contributed by atoms with Crippen LogP contribution in [-0.2, 0) is 11.4 Å². The van der Waals surface area contributed by atoms with E-state index in [0.29, 0.717) is 22.2 Å². The minimum absolute atomic E-state index is 0.178. The van der Waals surface area contributed by atoms with Crippen LogP contribution in [0.5, 0.6) is 17.2 Å². The molecule has 36 heavy (non-hydrogen) atoms. The Bertz CT molecular complexity index is 1380. The number of halogens is 1. The number of anilines is 1. The molecule has 0 unspecified atom stereocenters. The van der Waals surface area contributed by atoms with Gasteiger partial charge in [-0.1, -0.05) is 65.9 Å². The summed E-state index contributed by atoms with van der Waals surface area (Å²) in [6.45, 7) is 0.205. The molecule has 0 aliphatic carbocycles. The highest BCUT2D eigenvalue weighted by Crippen LogP contribution is 2.41. The number of ether oxygens (including phenoxy) is 3. The lowest BCUT2D eigenvalue weighted by molar-refractivity contribution is -0.385. The highest BCUT2D eigenvalue weighted by atomic mass is 35.5. The van der Waals surface area contributed by atoms with Crippen molar-refractivity contribution in [3.8, 4) is 17.2 Å². The topological polar surface area (TPSA) is 91.1 Å². The summed E-state index contributed by atoms with van der Waals surface area (Å²) in [6, 6.07) is 17.0. The van der Waals surface area contributed by atoms with Gasteiger partial charge in [-0.3, -0.25) is 19.8 Å². The van der Waals surface area contributed by atoms with Crippen molar-refractivity contribution in [1.82, 2.24) is 0 Å². The number of thioether (sulfide) groups is 1. The Morgan fingerprint density at radius 1 is 1.06 bits per heavy atom. The molecule has 1 fully saturated rings. The molecule has 1 amide bonds. The SMILES string of the molecule is COc1ccc(N2C(=O)/C(=C\c3cc(OC)c(OCc4ccccc4)cc3[N+](=O)[O-])SC2=S)cc1Cl. The molecule has 1 aliphatic rings. The Hall–Kier alpha value is -3.60. The van der Waals surface area contributed by atoms with Crippen LogP contribution in [0.3, 0.4) is 0 Å². The van der Waals surface area contributed by atoms with E-state index in [0.717, 1.165) is 17.3 Å². The summed E-state index contributed by atoms with van der Waals surface area (Å²) in [5.41, 5.74) is 1.30. The minimum atomic E-state index is -0.537. The lowest BCUT2D eigenvalue weighted by atomic mass is 10.1. The third-order valence-electron chi connectivity index (χ3n) is 5.22. The molecule has 4 rings (SSSR count). The molecular formula is C25H19ClN2O6S2. The normalized spacial score (nSPS) is 14.3. The largest absolute Gasteiger partial charge is 0.495 e. The highest BCUT2D eigenvalue weighted by Gasteiger charge is 2.34. The fraction of sp³-hybridized carbons (Fsp3) is 0.120. The maximum atomic E-state index is 13.2. The number of nitro groups is 1. The van der Waals surface area contributed by atoms with Crippen molar-refractivity contribution in [3.05, 3.63) is 91.8 Å². The summed E-state index contributed by atoms with van der Waals surface area (Å²) in [4.78, 5) is 26.1. The van der Waals surface area contributed by atoms with Crippen LogP contribution in [0.25, 0.3) is 6.08 Å². The van der Waals surface area contributed by atoms with Gasteiger partial charge in [0.25, 0.3) is 11.6 Å². The Morgan fingerprint density at radius 2 is 1.78 bits per heavy atom. The van der Waals surface area contributed by atoms with E-state index in [1.54, 1.807) is 18.2 Å². The van der Waals surface area contributed by atoms with Crippen molar-refractivity contribution in [2.24, 2.45) is 0 Å². The third kappa shape index (κ3) is 5.30. The molecule has 8 nitrogen and oxygen atoms in total. The number of carbonyl (C=O) groups is 1. The van der Waals surface area contributed by atoms with E-state index in [9.17, 15) is 14.9 Å². The Balaban J connectivity index is 1.66. The summed E-state index contributed by atoms with van der Waals surface area (Å²) in [5.74, 6) is 0.536. The van der Waals surface area contributed by atoms with Gasteiger partial charge in [-0.15, -0.1) is 0 Å². The number of carbonyl (C=O) groups excluding carboxylic acids is 1. The molecule has 0 spiro atoms. The highest BCUT2D eigenvalue weighted by molar-refractivity contribution is 8.27. The van der Waals surface area contributed by atoms with Gasteiger partial charge in [0, 0.05) is 0 Å². The van der Waals surface area contributed by atoms with Crippen molar-refractivity contribution in [2.75, 3.05) is 19.1 Å². The monoisotopic (exact) mass is 542 g/mol. The van der Waals surface area contributed by atoms with Crippen LogP contribution in [0, 0.1) is 10.1 Å². The molecule has 1 aliphatic heterocycles. The van der Waals surface area contributed by atoms with Gasteiger partial charge >= 0.3 is 0 Å². The van der Waals surface area contributed by atoms with Gasteiger partial charge in [0.15, 0.2) is 15.8 Å². The standard InChI is InChI=1S/C25H19ClN2O6S2/c1-32-20-9-8-17(12-18(20)26)27-24(29)23(36-25(27)35)11-16-10-21(33-2)22(13-19(16)28(30)31)34-14-15-6-4-3-5-7-15/h3-13H,14H2,1-2H3/b23-11+. The maximum absolute atomic E-state index is 13.2. The predicted molar refractivity (Wildman–Crippen MR) is 144 cm³/mol. The van der Waals surface area contributed by atoms with Crippen molar-refractivity contribution < 1.29 is 23.9 Å². The van der Waals surface area contributed by atoms with E-state index in [-0.39, 0.29) is 32.8 Å². The van der Waals surface area contributed by atoms with Crippen LogP contribution < -0.4 is 19.1 Å². The van der Waals surface area contributed by atoms with Crippen molar-refractivity contribution in [3.63, 3.8) is 0 Å². The first-order valence-electron chi connectivity index (χ1n) is 10.5. The number of nitro benzene ring substituents is 1. The van der Waals surface area contributed by atoms with E-state index < -0.39 is 10.8 Å². The zero-order valence-electron chi connectivity index (χ0n) is 19.1.